The molecule has 0 saturated heterocycles. The van der Waals surface area contributed by atoms with Crippen LogP contribution in [-0.4, -0.2) is 8.42 Å². The van der Waals surface area contributed by atoms with Crippen molar-refractivity contribution in [2.75, 3.05) is 0 Å². The highest BCUT2D eigenvalue weighted by atomic mass is 32.2. The van der Waals surface area contributed by atoms with E-state index in [9.17, 15) is 17.2 Å². The average Bonchev–Trinajstić information content (AvgIpc) is 2.37. The van der Waals surface area contributed by atoms with Gasteiger partial charge in [0.1, 0.15) is 17.0 Å². The highest BCUT2D eigenvalue weighted by molar-refractivity contribution is 7.91. The summed E-state index contributed by atoms with van der Waals surface area (Å²) in [6.45, 7) is 0. The molecule has 19 heavy (non-hydrogen) atoms. The Morgan fingerprint density at radius 1 is 1.16 bits per heavy atom. The Bertz CT molecular complexity index is 667. The summed E-state index contributed by atoms with van der Waals surface area (Å²) >= 11 is 0. The Balaban J connectivity index is 2.48. The van der Waals surface area contributed by atoms with Gasteiger partial charge in [-0.05, 0) is 29.8 Å². The second kappa shape index (κ2) is 5.07. The summed E-state index contributed by atoms with van der Waals surface area (Å²) < 4.78 is 50.5. The fourth-order valence-corrected chi connectivity index (χ4v) is 2.95. The van der Waals surface area contributed by atoms with Gasteiger partial charge in [0.15, 0.2) is 9.84 Å². The molecule has 0 amide bonds. The van der Waals surface area contributed by atoms with Crippen molar-refractivity contribution in [1.29, 1.82) is 0 Å². The average molecular weight is 282 g/mol. The van der Waals surface area contributed by atoms with Gasteiger partial charge in [-0.15, -0.1) is 0 Å². The first-order chi connectivity index (χ1) is 8.91. The van der Waals surface area contributed by atoms with Crippen LogP contribution in [0.1, 0.15) is 10.9 Å². The van der Waals surface area contributed by atoms with E-state index in [0.717, 1.165) is 12.1 Å². The molecule has 0 fully saturated rings. The first kappa shape index (κ1) is 13.6. The fraction of sp³-hybridized carbons (Fsp3) is 0.0769. The van der Waals surface area contributed by atoms with Crippen molar-refractivity contribution < 1.29 is 17.2 Å². The van der Waals surface area contributed by atoms with Crippen molar-refractivity contribution in [1.82, 2.24) is 0 Å². The number of hydrogen-bond acceptors (Lipinski definition) is 3. The maximum atomic E-state index is 13.1. The second-order valence-electron chi connectivity index (χ2n) is 3.91. The van der Waals surface area contributed by atoms with Gasteiger partial charge >= 0.3 is 0 Å². The van der Waals surface area contributed by atoms with Crippen molar-refractivity contribution in [3.63, 3.8) is 0 Å². The topological polar surface area (TPSA) is 60.2 Å². The van der Waals surface area contributed by atoms with Gasteiger partial charge < -0.3 is 5.73 Å². The maximum absolute atomic E-state index is 13.1. The summed E-state index contributed by atoms with van der Waals surface area (Å²) in [6, 6.07) is 10.9. The quantitative estimate of drug-likeness (QED) is 0.938. The molecule has 3 nitrogen and oxygen atoms in total. The van der Waals surface area contributed by atoms with Crippen molar-refractivity contribution in [2.45, 2.75) is 10.3 Å². The van der Waals surface area contributed by atoms with Crippen LogP contribution >= 0.6 is 0 Å². The predicted octanol–water partition coefficient (Wildman–Crippen LogP) is 2.20. The molecule has 0 saturated carbocycles. The summed E-state index contributed by atoms with van der Waals surface area (Å²) in [7, 11) is -4.06. The van der Waals surface area contributed by atoms with E-state index in [-0.39, 0.29) is 0 Å². The van der Waals surface area contributed by atoms with Crippen LogP contribution in [0.25, 0.3) is 0 Å². The van der Waals surface area contributed by atoms with Crippen LogP contribution in [0, 0.1) is 17.7 Å². The largest absolute Gasteiger partial charge is 0.311 e. The maximum Gasteiger partial charge on any atom is 0.198 e. The van der Waals surface area contributed by atoms with Crippen LogP contribution in [0.2, 0.25) is 0 Å². The molecule has 1 radical (unpaired) electrons. The Labute approximate surface area is 109 Å². The van der Waals surface area contributed by atoms with E-state index >= 15 is 0 Å². The van der Waals surface area contributed by atoms with Gasteiger partial charge in [0, 0.05) is 6.07 Å². The molecule has 0 aromatic heterocycles. The lowest BCUT2D eigenvalue weighted by molar-refractivity contribution is 0.562. The minimum atomic E-state index is -4.06. The number of nitrogens with two attached hydrogens (primary N) is 1. The lowest BCUT2D eigenvalue weighted by atomic mass is 10.2. The number of rotatable bonds is 3. The molecule has 0 aliphatic rings. The summed E-state index contributed by atoms with van der Waals surface area (Å²) in [6.07, 6.45) is 0. The van der Waals surface area contributed by atoms with E-state index < -0.39 is 31.7 Å². The Morgan fingerprint density at radius 3 is 2.32 bits per heavy atom. The monoisotopic (exact) mass is 282 g/mol. The molecule has 2 aromatic carbocycles. The first-order valence-electron chi connectivity index (χ1n) is 5.33. The number of halogens is 2. The van der Waals surface area contributed by atoms with Crippen LogP contribution in [0.3, 0.4) is 0 Å². The van der Waals surface area contributed by atoms with E-state index in [1.165, 1.54) is 12.1 Å². The third-order valence-corrected chi connectivity index (χ3v) is 4.39. The standard InChI is InChI=1S/C13H10F2NO2S/c14-10-6-11(15)8-12(7-10)19(17,18)13(16)9-4-2-1-3-5-9/h1-2,4-8,13H,16H2. The molecular formula is C13H10F2NO2S. The first-order valence-corrected chi connectivity index (χ1v) is 6.87. The fourth-order valence-electron chi connectivity index (χ4n) is 1.60. The van der Waals surface area contributed by atoms with Crippen LogP contribution in [0.15, 0.2) is 47.4 Å². The minimum Gasteiger partial charge on any atom is -0.311 e. The van der Waals surface area contributed by atoms with Crippen LogP contribution in [0.5, 0.6) is 0 Å². The van der Waals surface area contributed by atoms with Gasteiger partial charge in [0.2, 0.25) is 0 Å². The van der Waals surface area contributed by atoms with Gasteiger partial charge in [-0.25, -0.2) is 17.2 Å². The zero-order valence-corrected chi connectivity index (χ0v) is 10.5. The van der Waals surface area contributed by atoms with Gasteiger partial charge in [0.25, 0.3) is 0 Å². The molecule has 1 atom stereocenters. The van der Waals surface area contributed by atoms with Crippen LogP contribution in [-0.2, 0) is 9.84 Å². The van der Waals surface area contributed by atoms with E-state index in [0.29, 0.717) is 11.6 Å². The summed E-state index contributed by atoms with van der Waals surface area (Å²) in [5.41, 5.74) is 5.95. The highest BCUT2D eigenvalue weighted by Crippen LogP contribution is 2.25. The zero-order chi connectivity index (χ0) is 14.0. The smallest absolute Gasteiger partial charge is 0.198 e. The van der Waals surface area contributed by atoms with E-state index in [4.69, 9.17) is 5.73 Å². The molecular weight excluding hydrogens is 272 g/mol. The normalized spacial score (nSPS) is 13.2. The molecule has 1 unspecified atom stereocenters. The van der Waals surface area contributed by atoms with Crippen molar-refractivity contribution in [3.8, 4) is 0 Å². The lowest BCUT2D eigenvalue weighted by Gasteiger charge is -2.13. The van der Waals surface area contributed by atoms with Crippen LogP contribution < -0.4 is 5.73 Å². The second-order valence-corrected chi connectivity index (χ2v) is 5.98. The van der Waals surface area contributed by atoms with Gasteiger partial charge in [-0.3, -0.25) is 0 Å². The summed E-state index contributed by atoms with van der Waals surface area (Å²) in [5.74, 6) is -1.93. The molecule has 2 N–H and O–H groups in total. The third kappa shape index (κ3) is 2.80. The predicted molar refractivity (Wildman–Crippen MR) is 65.8 cm³/mol. The molecule has 99 valence electrons. The van der Waals surface area contributed by atoms with Crippen LogP contribution in [0.4, 0.5) is 8.78 Å². The van der Waals surface area contributed by atoms with E-state index in [1.54, 1.807) is 12.1 Å². The molecule has 0 bridgehead atoms. The van der Waals surface area contributed by atoms with E-state index in [1.807, 2.05) is 0 Å². The Hall–Kier alpha value is -1.79. The lowest BCUT2D eigenvalue weighted by Crippen LogP contribution is -2.22. The molecule has 0 spiro atoms. The molecule has 6 heteroatoms. The number of benzene rings is 2. The van der Waals surface area contributed by atoms with Crippen molar-refractivity contribution in [3.05, 3.63) is 65.7 Å². The molecule has 0 heterocycles. The molecule has 2 aromatic rings. The number of hydrogen-bond donors (Lipinski definition) is 1. The third-order valence-electron chi connectivity index (χ3n) is 2.56. The Kier molecular flexibility index (Phi) is 3.64. The van der Waals surface area contributed by atoms with Crippen molar-refractivity contribution in [2.24, 2.45) is 5.73 Å². The van der Waals surface area contributed by atoms with Gasteiger partial charge in [-0.2, -0.15) is 0 Å². The van der Waals surface area contributed by atoms with E-state index in [2.05, 4.69) is 6.07 Å². The minimum absolute atomic E-state index is 0.298. The zero-order valence-electron chi connectivity index (χ0n) is 9.68. The molecule has 2 rings (SSSR count). The van der Waals surface area contributed by atoms with Gasteiger partial charge in [0.05, 0.1) is 4.90 Å². The molecule has 0 aliphatic heterocycles. The van der Waals surface area contributed by atoms with Crippen molar-refractivity contribution >= 4 is 9.84 Å². The Morgan fingerprint density at radius 2 is 1.79 bits per heavy atom. The summed E-state index contributed by atoms with van der Waals surface area (Å²) in [5, 5.41) is -1.40. The highest BCUT2D eigenvalue weighted by Gasteiger charge is 2.26. The summed E-state index contributed by atoms with van der Waals surface area (Å²) in [4.78, 5) is -0.485. The van der Waals surface area contributed by atoms with Gasteiger partial charge in [-0.1, -0.05) is 18.2 Å². The molecule has 0 aliphatic carbocycles. The number of sulfone groups is 1. The SMILES string of the molecule is NC(c1c[c]ccc1)S(=O)(=O)c1cc(F)cc(F)c1.